The molecule has 11 heavy (non-hydrogen) atoms. The van der Waals surface area contributed by atoms with E-state index in [-0.39, 0.29) is 6.61 Å². The molecule has 0 spiro atoms. The minimum absolute atomic E-state index is 0.0893. The Morgan fingerprint density at radius 3 is 2.91 bits per heavy atom. The van der Waals surface area contributed by atoms with Crippen molar-refractivity contribution in [3.63, 3.8) is 0 Å². The molecule has 0 aromatic carbocycles. The van der Waals surface area contributed by atoms with Gasteiger partial charge in [-0.2, -0.15) is 0 Å². The SMILES string of the molecule is NNc1nccc(Br)c1CO. The van der Waals surface area contributed by atoms with Gasteiger partial charge in [0.1, 0.15) is 5.82 Å². The van der Waals surface area contributed by atoms with E-state index in [9.17, 15) is 0 Å². The molecule has 0 radical (unpaired) electrons. The minimum Gasteiger partial charge on any atom is -0.391 e. The fourth-order valence-electron chi connectivity index (χ4n) is 0.744. The van der Waals surface area contributed by atoms with Crippen LogP contribution >= 0.6 is 15.9 Å². The molecule has 0 aliphatic heterocycles. The first-order chi connectivity index (χ1) is 5.29. The van der Waals surface area contributed by atoms with Crippen LogP contribution in [0.3, 0.4) is 0 Å². The zero-order valence-corrected chi connectivity index (χ0v) is 7.30. The number of hydrazine groups is 1. The Balaban J connectivity index is 3.13. The maximum Gasteiger partial charge on any atom is 0.146 e. The number of anilines is 1. The normalized spacial score (nSPS) is 9.73. The molecule has 0 bridgehead atoms. The molecule has 0 amide bonds. The molecule has 5 heteroatoms. The van der Waals surface area contributed by atoms with Crippen molar-refractivity contribution < 1.29 is 5.11 Å². The lowest BCUT2D eigenvalue weighted by molar-refractivity contribution is 0.281. The standard InChI is InChI=1S/C6H8BrN3O/c7-5-1-2-9-6(10-8)4(5)3-11/h1-2,11H,3,8H2,(H,9,10). The van der Waals surface area contributed by atoms with Crippen LogP contribution in [0.1, 0.15) is 5.56 Å². The quantitative estimate of drug-likeness (QED) is 0.502. The summed E-state index contributed by atoms with van der Waals surface area (Å²) in [5.41, 5.74) is 3.05. The molecule has 0 fully saturated rings. The number of rotatable bonds is 2. The Labute approximate surface area is 72.5 Å². The van der Waals surface area contributed by atoms with Gasteiger partial charge in [-0.3, -0.25) is 0 Å². The molecule has 0 atom stereocenters. The lowest BCUT2D eigenvalue weighted by atomic mass is 10.3. The molecule has 0 aliphatic carbocycles. The number of pyridine rings is 1. The molecule has 1 heterocycles. The molecule has 1 rings (SSSR count). The molecule has 4 nitrogen and oxygen atoms in total. The van der Waals surface area contributed by atoms with Crippen molar-refractivity contribution in [2.45, 2.75) is 6.61 Å². The molecule has 1 aromatic heterocycles. The summed E-state index contributed by atoms with van der Waals surface area (Å²) >= 11 is 3.25. The summed E-state index contributed by atoms with van der Waals surface area (Å²) in [6, 6.07) is 1.74. The van der Waals surface area contributed by atoms with Crippen LogP contribution in [-0.4, -0.2) is 10.1 Å². The highest BCUT2D eigenvalue weighted by Gasteiger charge is 2.04. The highest BCUT2D eigenvalue weighted by molar-refractivity contribution is 9.10. The topological polar surface area (TPSA) is 71.2 Å². The maximum atomic E-state index is 8.86. The maximum absolute atomic E-state index is 8.86. The molecule has 0 saturated heterocycles. The van der Waals surface area contributed by atoms with Crippen molar-refractivity contribution in [3.8, 4) is 0 Å². The minimum atomic E-state index is -0.0893. The summed E-state index contributed by atoms with van der Waals surface area (Å²) in [5.74, 6) is 5.64. The predicted molar refractivity (Wildman–Crippen MR) is 45.7 cm³/mol. The summed E-state index contributed by atoms with van der Waals surface area (Å²) in [7, 11) is 0. The third-order valence-electron chi connectivity index (χ3n) is 1.29. The van der Waals surface area contributed by atoms with Crippen molar-refractivity contribution in [2.75, 3.05) is 5.43 Å². The van der Waals surface area contributed by atoms with Crippen LogP contribution in [-0.2, 0) is 6.61 Å². The smallest absolute Gasteiger partial charge is 0.146 e. The van der Waals surface area contributed by atoms with Gasteiger partial charge in [0, 0.05) is 16.2 Å². The fourth-order valence-corrected chi connectivity index (χ4v) is 1.18. The second-order valence-electron chi connectivity index (χ2n) is 1.92. The third-order valence-corrected chi connectivity index (χ3v) is 2.04. The van der Waals surface area contributed by atoms with Gasteiger partial charge in [-0.25, -0.2) is 10.8 Å². The van der Waals surface area contributed by atoms with Crippen LogP contribution in [0.25, 0.3) is 0 Å². The van der Waals surface area contributed by atoms with Gasteiger partial charge in [-0.1, -0.05) is 15.9 Å². The molecule has 0 aliphatic rings. The number of nitrogens with two attached hydrogens (primary N) is 1. The van der Waals surface area contributed by atoms with E-state index in [0.717, 1.165) is 4.47 Å². The van der Waals surface area contributed by atoms with Crippen molar-refractivity contribution in [1.82, 2.24) is 4.98 Å². The van der Waals surface area contributed by atoms with E-state index in [1.165, 1.54) is 0 Å². The number of hydrogen-bond donors (Lipinski definition) is 3. The van der Waals surface area contributed by atoms with Gasteiger partial charge in [-0.15, -0.1) is 0 Å². The van der Waals surface area contributed by atoms with Crippen molar-refractivity contribution in [3.05, 3.63) is 22.3 Å². The van der Waals surface area contributed by atoms with E-state index >= 15 is 0 Å². The number of halogens is 1. The van der Waals surface area contributed by atoms with Gasteiger partial charge >= 0.3 is 0 Å². The first-order valence-corrected chi connectivity index (χ1v) is 3.79. The Morgan fingerprint density at radius 2 is 2.45 bits per heavy atom. The number of aliphatic hydroxyl groups is 1. The Morgan fingerprint density at radius 1 is 1.73 bits per heavy atom. The lowest BCUT2D eigenvalue weighted by Crippen LogP contribution is -2.11. The van der Waals surface area contributed by atoms with E-state index in [0.29, 0.717) is 11.4 Å². The molecule has 0 unspecified atom stereocenters. The number of aromatic nitrogens is 1. The molecule has 4 N–H and O–H groups in total. The van der Waals surface area contributed by atoms with Crippen LogP contribution in [0.2, 0.25) is 0 Å². The van der Waals surface area contributed by atoms with Gasteiger partial charge in [-0.05, 0) is 6.07 Å². The number of nitrogen functional groups attached to an aromatic ring is 1. The highest BCUT2D eigenvalue weighted by atomic mass is 79.9. The number of nitrogens with zero attached hydrogens (tertiary/aromatic N) is 1. The zero-order valence-electron chi connectivity index (χ0n) is 5.71. The van der Waals surface area contributed by atoms with Gasteiger partial charge in [0.15, 0.2) is 0 Å². The summed E-state index contributed by atoms with van der Waals surface area (Å²) in [6.07, 6.45) is 1.60. The van der Waals surface area contributed by atoms with Crippen LogP contribution in [0.4, 0.5) is 5.82 Å². The summed E-state index contributed by atoms with van der Waals surface area (Å²) in [4.78, 5) is 3.90. The Hall–Kier alpha value is -0.650. The highest BCUT2D eigenvalue weighted by Crippen LogP contribution is 2.21. The van der Waals surface area contributed by atoms with E-state index in [2.05, 4.69) is 26.3 Å². The fraction of sp³-hybridized carbons (Fsp3) is 0.167. The third kappa shape index (κ3) is 1.68. The zero-order chi connectivity index (χ0) is 8.27. The first-order valence-electron chi connectivity index (χ1n) is 3.00. The molecular weight excluding hydrogens is 210 g/mol. The average molecular weight is 218 g/mol. The second kappa shape index (κ2) is 3.66. The van der Waals surface area contributed by atoms with Gasteiger partial charge in [0.2, 0.25) is 0 Å². The second-order valence-corrected chi connectivity index (χ2v) is 2.78. The van der Waals surface area contributed by atoms with E-state index < -0.39 is 0 Å². The summed E-state index contributed by atoms with van der Waals surface area (Å²) in [6.45, 7) is -0.0893. The number of hydrogen-bond acceptors (Lipinski definition) is 4. The largest absolute Gasteiger partial charge is 0.391 e. The summed E-state index contributed by atoms with van der Waals surface area (Å²) < 4.78 is 0.794. The monoisotopic (exact) mass is 217 g/mol. The Kier molecular flexibility index (Phi) is 2.81. The van der Waals surface area contributed by atoms with Crippen LogP contribution < -0.4 is 11.3 Å². The van der Waals surface area contributed by atoms with Crippen LogP contribution in [0.15, 0.2) is 16.7 Å². The molecule has 60 valence electrons. The average Bonchev–Trinajstić information content (AvgIpc) is 2.04. The van der Waals surface area contributed by atoms with E-state index in [4.69, 9.17) is 10.9 Å². The van der Waals surface area contributed by atoms with Crippen LogP contribution in [0.5, 0.6) is 0 Å². The van der Waals surface area contributed by atoms with Crippen molar-refractivity contribution in [2.24, 2.45) is 5.84 Å². The molecule has 0 saturated carbocycles. The lowest BCUT2D eigenvalue weighted by Gasteiger charge is -2.05. The number of nitrogens with one attached hydrogen (secondary N) is 1. The van der Waals surface area contributed by atoms with Gasteiger partial charge in [0.25, 0.3) is 0 Å². The summed E-state index contributed by atoms with van der Waals surface area (Å²) in [5, 5.41) is 8.86. The van der Waals surface area contributed by atoms with E-state index in [1.54, 1.807) is 12.3 Å². The molecule has 1 aromatic rings. The number of aliphatic hydroxyl groups excluding tert-OH is 1. The predicted octanol–water partition coefficient (Wildman–Crippen LogP) is 0.622. The Bertz CT molecular complexity index is 254. The first kappa shape index (κ1) is 8.45. The molecular formula is C6H8BrN3O. The van der Waals surface area contributed by atoms with E-state index in [1.807, 2.05) is 0 Å². The van der Waals surface area contributed by atoms with Gasteiger partial charge in [0.05, 0.1) is 6.61 Å². The van der Waals surface area contributed by atoms with Crippen molar-refractivity contribution in [1.29, 1.82) is 0 Å². The van der Waals surface area contributed by atoms with Crippen molar-refractivity contribution >= 4 is 21.7 Å². The van der Waals surface area contributed by atoms with Gasteiger partial charge < -0.3 is 10.5 Å². The van der Waals surface area contributed by atoms with Crippen LogP contribution in [0, 0.1) is 0 Å².